The summed E-state index contributed by atoms with van der Waals surface area (Å²) in [6.45, 7) is 16.6. The molecule has 8 nitrogen and oxygen atoms in total. The third-order valence-electron chi connectivity index (χ3n) is 8.12. The van der Waals surface area contributed by atoms with Crippen LogP contribution in [0.15, 0.2) is 77.8 Å². The third-order valence-corrected chi connectivity index (χ3v) is 8.12. The van der Waals surface area contributed by atoms with Crippen LogP contribution in [0.1, 0.15) is 27.9 Å². The summed E-state index contributed by atoms with van der Waals surface area (Å²) in [5, 5.41) is 18.9. The van der Waals surface area contributed by atoms with E-state index in [1.165, 1.54) is 35.2 Å². The maximum atomic E-state index is 14.0. The van der Waals surface area contributed by atoms with Crippen LogP contribution in [0.4, 0.5) is 30.4 Å². The maximum absolute atomic E-state index is 14.0. The molecule has 0 amide bonds. The molecular weight excluding hydrogens is 601 g/mol. The Labute approximate surface area is 265 Å². The van der Waals surface area contributed by atoms with Gasteiger partial charge in [0.1, 0.15) is 23.7 Å². The van der Waals surface area contributed by atoms with Crippen LogP contribution >= 0.6 is 0 Å². The lowest BCUT2D eigenvalue weighted by atomic mass is 9.95. The first-order valence-corrected chi connectivity index (χ1v) is 13.9. The minimum absolute atomic E-state index is 0.111. The Morgan fingerprint density at radius 3 is 2.21 bits per heavy atom. The number of fused-ring (bicyclic) bond motifs is 6. The van der Waals surface area contributed by atoms with E-state index < -0.39 is 11.7 Å². The van der Waals surface area contributed by atoms with Crippen molar-refractivity contribution in [3.05, 3.63) is 124 Å². The average molecular weight is 618 g/mol. The zero-order valence-electron chi connectivity index (χ0n) is 24.2. The Bertz CT molecular complexity index is 2460. The van der Waals surface area contributed by atoms with Crippen LogP contribution < -0.4 is 4.58 Å². The molecule has 0 bridgehead atoms. The fraction of sp³-hybridized carbons (Fsp3) is 0.0556. The highest BCUT2D eigenvalue weighted by Gasteiger charge is 2.40. The summed E-state index contributed by atoms with van der Waals surface area (Å²) in [7, 11) is 0. The van der Waals surface area contributed by atoms with Crippen LogP contribution in [-0.2, 0) is 6.18 Å². The molecule has 1 aromatic heterocycles. The molecule has 0 N–H and O–H groups in total. The molecule has 0 spiro atoms. The van der Waals surface area contributed by atoms with E-state index in [-0.39, 0.29) is 16.8 Å². The Hall–Kier alpha value is -6.95. The van der Waals surface area contributed by atoms with Gasteiger partial charge in [0.15, 0.2) is 11.4 Å². The highest BCUT2D eigenvalue weighted by atomic mass is 19.4. The van der Waals surface area contributed by atoms with Gasteiger partial charge in [0.25, 0.3) is 0 Å². The molecule has 220 valence electrons. The molecule has 2 heterocycles. The number of hydrogen-bond acceptors (Lipinski definition) is 5. The topological polar surface area (TPSA) is 97.4 Å². The summed E-state index contributed by atoms with van der Waals surface area (Å²) in [5.74, 6) is 0.308. The van der Waals surface area contributed by atoms with E-state index >= 15 is 0 Å². The van der Waals surface area contributed by atoms with Crippen LogP contribution in [0.25, 0.3) is 54.5 Å². The first-order valence-electron chi connectivity index (χ1n) is 13.9. The quantitative estimate of drug-likeness (QED) is 0.0840. The smallest absolute Gasteiger partial charge is 0.238 e. The summed E-state index contributed by atoms with van der Waals surface area (Å²) in [6, 6.07) is 21.3. The number of nitrogens with zero attached hydrogens (tertiary/aromatic N) is 8. The number of aryl methyl sites for hydroxylation is 1. The molecule has 5 aromatic rings. The Morgan fingerprint density at radius 1 is 0.809 bits per heavy atom. The van der Waals surface area contributed by atoms with Gasteiger partial charge < -0.3 is 0 Å². The second-order valence-electron chi connectivity index (χ2n) is 10.7. The molecule has 0 fully saturated rings. The van der Waals surface area contributed by atoms with Crippen molar-refractivity contribution >= 4 is 29.2 Å². The number of alkyl halides is 3. The normalized spacial score (nSPS) is 14.0. The van der Waals surface area contributed by atoms with Crippen molar-refractivity contribution in [3.63, 3.8) is 0 Å². The molecule has 4 aromatic carbocycles. The van der Waals surface area contributed by atoms with E-state index in [4.69, 9.17) is 23.1 Å². The number of aromatic nitrogens is 2. The molecule has 0 saturated carbocycles. The van der Waals surface area contributed by atoms with E-state index in [0.29, 0.717) is 56.6 Å². The molecule has 11 heteroatoms. The number of aliphatic imine (C=N–C) groups is 1. The van der Waals surface area contributed by atoms with Crippen molar-refractivity contribution in [1.29, 1.82) is 10.5 Å². The minimum Gasteiger partial charge on any atom is -0.238 e. The van der Waals surface area contributed by atoms with E-state index in [2.05, 4.69) is 20.8 Å². The van der Waals surface area contributed by atoms with Gasteiger partial charge in [0.2, 0.25) is 11.9 Å². The zero-order valence-corrected chi connectivity index (χ0v) is 24.2. The maximum Gasteiger partial charge on any atom is 0.415 e. The molecule has 0 radical (unpaired) electrons. The van der Waals surface area contributed by atoms with Gasteiger partial charge in [-0.3, -0.25) is 0 Å². The number of rotatable bonds is 2. The van der Waals surface area contributed by atoms with E-state index in [9.17, 15) is 23.7 Å². The van der Waals surface area contributed by atoms with Crippen molar-refractivity contribution in [3.8, 4) is 57.0 Å². The van der Waals surface area contributed by atoms with E-state index in [1.807, 2.05) is 37.4 Å². The third kappa shape index (κ3) is 4.51. The minimum atomic E-state index is -4.70. The van der Waals surface area contributed by atoms with Crippen molar-refractivity contribution in [1.82, 2.24) is 14.5 Å². The van der Waals surface area contributed by atoms with E-state index in [1.54, 1.807) is 18.2 Å². The van der Waals surface area contributed by atoms with Gasteiger partial charge in [-0.15, -0.1) is 0 Å². The molecule has 1 aliphatic carbocycles. The highest BCUT2D eigenvalue weighted by molar-refractivity contribution is 6.24. The summed E-state index contributed by atoms with van der Waals surface area (Å²) >= 11 is 0. The monoisotopic (exact) mass is 617 g/mol. The van der Waals surface area contributed by atoms with Crippen LogP contribution in [0, 0.1) is 42.9 Å². The van der Waals surface area contributed by atoms with E-state index in [0.717, 1.165) is 22.8 Å². The number of nitriles is 2. The lowest BCUT2D eigenvalue weighted by Crippen LogP contribution is -2.07. The molecule has 7 rings (SSSR count). The predicted octanol–water partition coefficient (Wildman–Crippen LogP) is 8.62. The molecule has 47 heavy (non-hydrogen) atoms. The Balaban J connectivity index is 1.38. The summed E-state index contributed by atoms with van der Waals surface area (Å²) in [6.07, 6.45) is -1.65. The van der Waals surface area contributed by atoms with Gasteiger partial charge >= 0.3 is 18.3 Å². The molecule has 1 aliphatic heterocycles. The first kappa shape index (κ1) is 28.8. The average Bonchev–Trinajstić information content (AvgIpc) is 3.53. The molecular formula is C36H16F3N8+. The highest BCUT2D eigenvalue weighted by Crippen LogP contribution is 2.49. The molecule has 0 atom stereocenters. The predicted molar refractivity (Wildman–Crippen MR) is 170 cm³/mol. The summed E-state index contributed by atoms with van der Waals surface area (Å²) in [5.41, 5.74) is 6.02. The molecule has 2 aliphatic rings. The lowest BCUT2D eigenvalue weighted by Gasteiger charge is -2.14. The van der Waals surface area contributed by atoms with Gasteiger partial charge in [-0.2, -0.15) is 43.1 Å². The summed E-state index contributed by atoms with van der Waals surface area (Å²) in [4.78, 5) is 20.5. The largest absolute Gasteiger partial charge is 0.415 e. The Morgan fingerprint density at radius 2 is 1.53 bits per heavy atom. The standard InChI is InChI=1S/C36H16F3N8/c1-19-12-20(16-40)4-8-24(19)21-5-9-26-28(13-21)31(44-17-41)34-32(26)46-35-33(45-34)27-10-6-22(14-30(27)47(35)18-42-2)25-11-7-23(43-3)15-29(25)36(37,38)39/h4-15,18H,1H3/q+1. The van der Waals surface area contributed by atoms with Gasteiger partial charge in [-0.25, -0.2) is 9.83 Å². The van der Waals surface area contributed by atoms with Crippen LogP contribution in [0.3, 0.4) is 0 Å². The summed E-state index contributed by atoms with van der Waals surface area (Å²) < 4.78 is 43.6. The number of hydrogen-bond donors (Lipinski definition) is 0. The fourth-order valence-electron chi connectivity index (χ4n) is 6.07. The van der Waals surface area contributed by atoms with Crippen molar-refractivity contribution in [2.75, 3.05) is 0 Å². The van der Waals surface area contributed by atoms with Gasteiger partial charge in [0, 0.05) is 17.2 Å². The van der Waals surface area contributed by atoms with Gasteiger partial charge in [0.05, 0.1) is 29.3 Å². The number of halogens is 3. The first-order chi connectivity index (χ1) is 22.7. The number of benzene rings is 4. The second-order valence-corrected chi connectivity index (χ2v) is 10.7. The van der Waals surface area contributed by atoms with Gasteiger partial charge in [-0.1, -0.05) is 36.4 Å². The van der Waals surface area contributed by atoms with Crippen LogP contribution in [-0.4, -0.2) is 22.0 Å². The fourth-order valence-corrected chi connectivity index (χ4v) is 6.07. The van der Waals surface area contributed by atoms with Crippen molar-refractivity contribution < 1.29 is 13.2 Å². The van der Waals surface area contributed by atoms with Crippen molar-refractivity contribution in [2.24, 2.45) is 4.99 Å². The van der Waals surface area contributed by atoms with Crippen LogP contribution in [0.5, 0.6) is 0 Å². The van der Waals surface area contributed by atoms with Crippen LogP contribution in [0.2, 0.25) is 0 Å². The molecule has 0 unspecified atom stereocenters. The second kappa shape index (κ2) is 10.6. The lowest BCUT2D eigenvalue weighted by molar-refractivity contribution is -0.137. The van der Waals surface area contributed by atoms with Crippen molar-refractivity contribution in [2.45, 2.75) is 13.1 Å². The van der Waals surface area contributed by atoms with Gasteiger partial charge in [-0.05, 0) is 65.1 Å². The Kier molecular flexibility index (Phi) is 6.49. The zero-order chi connectivity index (χ0) is 33.0. The SMILES string of the molecule is [C-]#[N+]C=[N+]1c2cc(-c3ccc([N+]#[C-])cc3C(F)(F)F)ccc2-c2nc3c(nc21)-c1ccc(-c2ccc(C#N)cc2C)cc1C3=NC#N. The molecule has 0 saturated heterocycles.